The lowest BCUT2D eigenvalue weighted by Crippen LogP contribution is -2.14. The van der Waals surface area contributed by atoms with Crippen molar-refractivity contribution in [3.8, 4) is 0 Å². The summed E-state index contributed by atoms with van der Waals surface area (Å²) in [5.41, 5.74) is 1.70. The first-order chi connectivity index (χ1) is 5.86. The summed E-state index contributed by atoms with van der Waals surface area (Å²) in [6.07, 6.45) is 8.17. The fraction of sp³-hybridized carbons (Fsp3) is 0.222. The van der Waals surface area contributed by atoms with E-state index in [0.29, 0.717) is 6.42 Å². The topological polar surface area (TPSA) is 32.6 Å². The van der Waals surface area contributed by atoms with Crippen LogP contribution in [0, 0.1) is 0 Å². The number of carbonyl (C=O) groups excluding carboxylic acids is 1. The van der Waals surface area contributed by atoms with E-state index in [9.17, 15) is 4.79 Å². The highest BCUT2D eigenvalue weighted by Gasteiger charge is 2.40. The molecule has 2 aliphatic heterocycles. The van der Waals surface area contributed by atoms with Crippen molar-refractivity contribution in [1.82, 2.24) is 5.06 Å². The molecule has 1 saturated heterocycles. The Morgan fingerprint density at radius 2 is 2.42 bits per heavy atom. The first-order valence-electron chi connectivity index (χ1n) is 3.94. The van der Waals surface area contributed by atoms with Crippen LogP contribution in [0.25, 0.3) is 0 Å². The third-order valence-electron chi connectivity index (χ3n) is 2.23. The molecular formula is C9H7NO2. The molecule has 0 saturated carbocycles. The Labute approximate surface area is 69.6 Å². The summed E-state index contributed by atoms with van der Waals surface area (Å²) in [4.78, 5) is 16.5. The van der Waals surface area contributed by atoms with E-state index in [0.717, 1.165) is 11.3 Å². The first kappa shape index (κ1) is 6.20. The van der Waals surface area contributed by atoms with Crippen LogP contribution in [0.3, 0.4) is 0 Å². The van der Waals surface area contributed by atoms with Crippen LogP contribution >= 0.6 is 0 Å². The molecule has 1 atom stereocenters. The average molecular weight is 161 g/mol. The molecule has 0 aromatic heterocycles. The second kappa shape index (κ2) is 1.87. The van der Waals surface area contributed by atoms with E-state index in [2.05, 4.69) is 0 Å². The minimum Gasteiger partial charge on any atom is -0.294 e. The van der Waals surface area contributed by atoms with Gasteiger partial charge in [-0.2, -0.15) is 0 Å². The van der Waals surface area contributed by atoms with Crippen LogP contribution in [-0.4, -0.2) is 17.1 Å². The summed E-state index contributed by atoms with van der Waals surface area (Å²) in [5, 5.41) is 1.75. The lowest BCUT2D eigenvalue weighted by molar-refractivity contribution is -0.114. The van der Waals surface area contributed by atoms with E-state index in [1.807, 2.05) is 24.3 Å². The summed E-state index contributed by atoms with van der Waals surface area (Å²) in [6, 6.07) is 0. The molecule has 3 nitrogen and oxygen atoms in total. The van der Waals surface area contributed by atoms with Crippen LogP contribution in [0.2, 0.25) is 0 Å². The maximum atomic E-state index is 11.4. The molecule has 1 unspecified atom stereocenters. The molecular weight excluding hydrogens is 154 g/mol. The highest BCUT2D eigenvalue weighted by atomic mass is 16.8. The summed E-state index contributed by atoms with van der Waals surface area (Å²) in [6.45, 7) is 0. The zero-order valence-corrected chi connectivity index (χ0v) is 6.36. The molecule has 0 bridgehead atoms. The summed E-state index contributed by atoms with van der Waals surface area (Å²) < 4.78 is 0. The summed E-state index contributed by atoms with van der Waals surface area (Å²) >= 11 is 0. The predicted molar refractivity (Wildman–Crippen MR) is 41.6 cm³/mol. The number of hydrogen-bond donors (Lipinski definition) is 0. The lowest BCUT2D eigenvalue weighted by Gasteiger charge is -2.13. The van der Waals surface area contributed by atoms with Crippen molar-refractivity contribution in [1.29, 1.82) is 0 Å². The fourth-order valence-corrected chi connectivity index (χ4v) is 1.57. The van der Waals surface area contributed by atoms with Gasteiger partial charge in [0.2, 0.25) is 0 Å². The highest BCUT2D eigenvalue weighted by Crippen LogP contribution is 2.36. The van der Waals surface area contributed by atoms with Gasteiger partial charge in [0.1, 0.15) is 0 Å². The van der Waals surface area contributed by atoms with Gasteiger partial charge in [0.05, 0.1) is 5.70 Å². The monoisotopic (exact) mass is 161 g/mol. The Morgan fingerprint density at radius 3 is 3.33 bits per heavy atom. The molecule has 1 aliphatic carbocycles. The van der Waals surface area contributed by atoms with Crippen LogP contribution in [0.15, 0.2) is 35.6 Å². The van der Waals surface area contributed by atoms with Crippen LogP contribution < -0.4 is 0 Å². The van der Waals surface area contributed by atoms with Gasteiger partial charge in [-0.1, -0.05) is 6.08 Å². The molecule has 0 aromatic carbocycles. The Hall–Kier alpha value is -1.35. The first-order valence-corrected chi connectivity index (χ1v) is 3.94. The smallest absolute Gasteiger partial charge is 0.200 e. The number of ketones is 1. The van der Waals surface area contributed by atoms with E-state index in [4.69, 9.17) is 4.84 Å². The molecule has 0 aromatic rings. The van der Waals surface area contributed by atoms with Gasteiger partial charge in [0, 0.05) is 12.0 Å². The summed E-state index contributed by atoms with van der Waals surface area (Å²) in [5.74, 6) is 0.178. The molecule has 0 radical (unpaired) electrons. The lowest BCUT2D eigenvalue weighted by atomic mass is 9.98. The van der Waals surface area contributed by atoms with Crippen LogP contribution in [0.1, 0.15) is 6.42 Å². The number of hydroxylamine groups is 2. The molecule has 60 valence electrons. The van der Waals surface area contributed by atoms with Crippen LogP contribution in [0.5, 0.6) is 0 Å². The number of carbonyl (C=O) groups is 1. The van der Waals surface area contributed by atoms with Gasteiger partial charge in [0.25, 0.3) is 0 Å². The van der Waals surface area contributed by atoms with Gasteiger partial charge in [-0.3, -0.25) is 4.79 Å². The maximum Gasteiger partial charge on any atom is 0.200 e. The van der Waals surface area contributed by atoms with E-state index in [1.165, 1.54) is 0 Å². The van der Waals surface area contributed by atoms with Crippen molar-refractivity contribution in [2.75, 3.05) is 0 Å². The zero-order chi connectivity index (χ0) is 8.13. The number of hydrogen-bond acceptors (Lipinski definition) is 3. The highest BCUT2D eigenvalue weighted by molar-refractivity contribution is 6.01. The molecule has 3 aliphatic rings. The van der Waals surface area contributed by atoms with Gasteiger partial charge in [-0.05, 0) is 18.2 Å². The Kier molecular flexibility index (Phi) is 0.966. The summed E-state index contributed by atoms with van der Waals surface area (Å²) in [7, 11) is 0. The molecule has 3 heteroatoms. The Balaban J connectivity index is 2.14. The average Bonchev–Trinajstić information content (AvgIpc) is 2.83. The van der Waals surface area contributed by atoms with Gasteiger partial charge in [-0.15, -0.1) is 0 Å². The quantitative estimate of drug-likeness (QED) is 0.495. The predicted octanol–water partition coefficient (Wildman–Crippen LogP) is 0.913. The van der Waals surface area contributed by atoms with E-state index in [-0.39, 0.29) is 12.0 Å². The van der Waals surface area contributed by atoms with Crippen molar-refractivity contribution in [3.63, 3.8) is 0 Å². The molecule has 1 fully saturated rings. The standard InChI is InChI=1S/C9H7NO2/c11-8-3-1-2-7-6(8)4-5-9-10(7)12-9/h1-2,4-5,9H,3H2. The minimum atomic E-state index is 0.0827. The number of allylic oxidation sites excluding steroid dienone is 4. The normalized spacial score (nSPS) is 30.5. The van der Waals surface area contributed by atoms with Gasteiger partial charge >= 0.3 is 0 Å². The van der Waals surface area contributed by atoms with E-state index < -0.39 is 0 Å². The second-order valence-electron chi connectivity index (χ2n) is 3.01. The molecule has 2 heterocycles. The Bertz CT molecular complexity index is 352. The largest absolute Gasteiger partial charge is 0.294 e. The van der Waals surface area contributed by atoms with E-state index >= 15 is 0 Å². The van der Waals surface area contributed by atoms with E-state index in [1.54, 1.807) is 5.06 Å². The molecule has 0 N–H and O–H groups in total. The van der Waals surface area contributed by atoms with Crippen molar-refractivity contribution < 1.29 is 9.63 Å². The maximum absolute atomic E-state index is 11.4. The van der Waals surface area contributed by atoms with Gasteiger partial charge in [-0.25, -0.2) is 9.90 Å². The second-order valence-corrected chi connectivity index (χ2v) is 3.01. The number of rotatable bonds is 0. The number of fused-ring (bicyclic) bond motifs is 2. The third kappa shape index (κ3) is 0.662. The molecule has 0 amide bonds. The van der Waals surface area contributed by atoms with Crippen molar-refractivity contribution >= 4 is 5.78 Å². The SMILES string of the molecule is O=C1CC=CC2=C1C=CC1ON21. The Morgan fingerprint density at radius 1 is 1.50 bits per heavy atom. The van der Waals surface area contributed by atoms with Crippen molar-refractivity contribution in [2.24, 2.45) is 0 Å². The van der Waals surface area contributed by atoms with Crippen LogP contribution in [0.4, 0.5) is 0 Å². The number of Topliss-reactive ketones (excluding diaryl/α,β-unsaturated/α-hetero) is 1. The number of nitrogens with zero attached hydrogens (tertiary/aromatic N) is 1. The van der Waals surface area contributed by atoms with Gasteiger partial charge < -0.3 is 0 Å². The zero-order valence-electron chi connectivity index (χ0n) is 6.36. The molecule has 0 spiro atoms. The molecule has 12 heavy (non-hydrogen) atoms. The van der Waals surface area contributed by atoms with Crippen molar-refractivity contribution in [3.05, 3.63) is 35.6 Å². The van der Waals surface area contributed by atoms with Gasteiger partial charge in [0.15, 0.2) is 12.0 Å². The van der Waals surface area contributed by atoms with Crippen LogP contribution in [-0.2, 0) is 9.63 Å². The third-order valence-corrected chi connectivity index (χ3v) is 2.23. The fourth-order valence-electron chi connectivity index (χ4n) is 1.57. The minimum absolute atomic E-state index is 0.0827. The molecule has 3 rings (SSSR count). The van der Waals surface area contributed by atoms with Crippen molar-refractivity contribution in [2.45, 2.75) is 12.6 Å².